The van der Waals surface area contributed by atoms with Crippen LogP contribution in [-0.4, -0.2) is 0 Å². The first-order valence-electron chi connectivity index (χ1n) is 6.84. The Hall–Kier alpha value is -2.27. The molecule has 0 unspecified atom stereocenters. The third kappa shape index (κ3) is 3.19. The molecule has 0 radical (unpaired) electrons. The van der Waals surface area contributed by atoms with E-state index in [2.05, 4.69) is 39.0 Å². The summed E-state index contributed by atoms with van der Waals surface area (Å²) in [5, 5.41) is 8.88. The molecule has 102 valence electrons. The first-order valence-corrected chi connectivity index (χ1v) is 6.84. The maximum Gasteiger partial charge on any atom is 0.128 e. The average Bonchev–Trinajstić information content (AvgIpc) is 2.48. The van der Waals surface area contributed by atoms with Gasteiger partial charge in [0, 0.05) is 0 Å². The number of nitriles is 1. The fraction of sp³-hybridized carbons (Fsp3) is 0.278. The minimum atomic E-state index is 0.180. The second-order valence-corrected chi connectivity index (χ2v) is 5.50. The second kappa shape index (κ2) is 5.79. The Morgan fingerprint density at radius 3 is 2.35 bits per heavy atom. The van der Waals surface area contributed by atoms with Crippen LogP contribution in [-0.2, 0) is 5.41 Å². The molecule has 0 heterocycles. The van der Waals surface area contributed by atoms with E-state index in [1.54, 1.807) is 12.1 Å². The van der Waals surface area contributed by atoms with E-state index in [0.29, 0.717) is 11.3 Å². The largest absolute Gasteiger partial charge is 0.457 e. The Balaban J connectivity index is 2.17. The van der Waals surface area contributed by atoms with E-state index >= 15 is 0 Å². The summed E-state index contributed by atoms with van der Waals surface area (Å²) >= 11 is 0. The van der Waals surface area contributed by atoms with Crippen LogP contribution in [0.1, 0.15) is 38.3 Å². The maximum atomic E-state index is 8.88. The molecule has 2 aromatic rings. The van der Waals surface area contributed by atoms with Gasteiger partial charge in [-0.25, -0.2) is 0 Å². The van der Waals surface area contributed by atoms with Crippen molar-refractivity contribution in [3.8, 4) is 17.6 Å². The molecule has 0 aliphatic carbocycles. The number of rotatable bonds is 4. The normalized spacial score (nSPS) is 10.9. The summed E-state index contributed by atoms with van der Waals surface area (Å²) in [5.74, 6) is 1.47. The monoisotopic (exact) mass is 265 g/mol. The van der Waals surface area contributed by atoms with Crippen LogP contribution in [0.25, 0.3) is 0 Å². The summed E-state index contributed by atoms with van der Waals surface area (Å²) in [7, 11) is 0. The van der Waals surface area contributed by atoms with Crippen molar-refractivity contribution in [2.24, 2.45) is 0 Å². The maximum absolute atomic E-state index is 8.88. The third-order valence-electron chi connectivity index (χ3n) is 3.72. The number of hydrogen-bond donors (Lipinski definition) is 0. The molecule has 2 aromatic carbocycles. The molecule has 2 nitrogen and oxygen atoms in total. The van der Waals surface area contributed by atoms with Crippen LogP contribution >= 0.6 is 0 Å². The predicted molar refractivity (Wildman–Crippen MR) is 81.0 cm³/mol. The number of hydrogen-bond acceptors (Lipinski definition) is 2. The van der Waals surface area contributed by atoms with Gasteiger partial charge in [-0.3, -0.25) is 0 Å². The molecule has 0 saturated carbocycles. The van der Waals surface area contributed by atoms with Crippen LogP contribution in [0.15, 0.2) is 48.5 Å². The van der Waals surface area contributed by atoms with Crippen LogP contribution in [0.4, 0.5) is 0 Å². The molecule has 2 rings (SSSR count). The van der Waals surface area contributed by atoms with E-state index in [1.165, 1.54) is 5.56 Å². The highest BCUT2D eigenvalue weighted by atomic mass is 16.5. The van der Waals surface area contributed by atoms with Crippen molar-refractivity contribution < 1.29 is 4.74 Å². The van der Waals surface area contributed by atoms with Crippen molar-refractivity contribution in [2.45, 2.75) is 32.6 Å². The molecule has 0 aromatic heterocycles. The lowest BCUT2D eigenvalue weighted by Gasteiger charge is -2.23. The summed E-state index contributed by atoms with van der Waals surface area (Å²) in [6, 6.07) is 17.5. The molecule has 0 N–H and O–H groups in total. The van der Waals surface area contributed by atoms with Crippen molar-refractivity contribution in [3.05, 3.63) is 59.7 Å². The zero-order valence-corrected chi connectivity index (χ0v) is 12.2. The molecular formula is C18H19NO. The highest BCUT2D eigenvalue weighted by molar-refractivity contribution is 5.40. The molecule has 20 heavy (non-hydrogen) atoms. The van der Waals surface area contributed by atoms with Gasteiger partial charge in [-0.2, -0.15) is 5.26 Å². The number of benzene rings is 2. The highest BCUT2D eigenvalue weighted by Gasteiger charge is 2.17. The molecule has 0 bridgehead atoms. The fourth-order valence-corrected chi connectivity index (χ4v) is 1.94. The van der Waals surface area contributed by atoms with E-state index in [4.69, 9.17) is 10.00 Å². The van der Waals surface area contributed by atoms with Crippen molar-refractivity contribution >= 4 is 0 Å². The summed E-state index contributed by atoms with van der Waals surface area (Å²) in [5.41, 5.74) is 2.09. The molecule has 0 aliphatic rings. The molecular weight excluding hydrogens is 246 g/mol. The summed E-state index contributed by atoms with van der Waals surface area (Å²) < 4.78 is 5.77. The van der Waals surface area contributed by atoms with Gasteiger partial charge in [-0.15, -0.1) is 0 Å². The van der Waals surface area contributed by atoms with Crippen molar-refractivity contribution in [3.63, 3.8) is 0 Å². The Bertz CT molecular complexity index is 621. The van der Waals surface area contributed by atoms with Crippen LogP contribution in [0, 0.1) is 11.3 Å². The lowest BCUT2D eigenvalue weighted by atomic mass is 9.82. The van der Waals surface area contributed by atoms with Crippen molar-refractivity contribution in [2.75, 3.05) is 0 Å². The van der Waals surface area contributed by atoms with Gasteiger partial charge in [0.2, 0.25) is 0 Å². The molecule has 0 saturated heterocycles. The summed E-state index contributed by atoms with van der Waals surface area (Å²) in [6.07, 6.45) is 1.09. The highest BCUT2D eigenvalue weighted by Crippen LogP contribution is 2.29. The quantitative estimate of drug-likeness (QED) is 0.776. The average molecular weight is 265 g/mol. The summed E-state index contributed by atoms with van der Waals surface area (Å²) in [4.78, 5) is 0. The molecule has 0 atom stereocenters. The summed E-state index contributed by atoms with van der Waals surface area (Å²) in [6.45, 7) is 6.66. The Labute approximate surface area is 120 Å². The van der Waals surface area contributed by atoms with Gasteiger partial charge in [0.1, 0.15) is 11.5 Å². The van der Waals surface area contributed by atoms with Crippen LogP contribution < -0.4 is 4.74 Å². The first kappa shape index (κ1) is 14.1. The van der Waals surface area contributed by atoms with Crippen LogP contribution in [0.3, 0.4) is 0 Å². The van der Waals surface area contributed by atoms with Gasteiger partial charge in [0.05, 0.1) is 11.6 Å². The van der Waals surface area contributed by atoms with Gasteiger partial charge >= 0.3 is 0 Å². The molecule has 0 amide bonds. The van der Waals surface area contributed by atoms with Gasteiger partial charge in [-0.1, -0.05) is 39.0 Å². The fourth-order valence-electron chi connectivity index (χ4n) is 1.94. The van der Waals surface area contributed by atoms with E-state index in [-0.39, 0.29) is 5.41 Å². The van der Waals surface area contributed by atoms with E-state index in [9.17, 15) is 0 Å². The van der Waals surface area contributed by atoms with E-state index in [1.807, 2.05) is 24.3 Å². The number of ether oxygens (including phenoxy) is 1. The molecule has 0 spiro atoms. The Morgan fingerprint density at radius 1 is 1.05 bits per heavy atom. The van der Waals surface area contributed by atoms with E-state index < -0.39 is 0 Å². The standard InChI is InChI=1S/C18H19NO/c1-4-18(2,3)15-8-10-16(11-9-15)20-17-7-5-6-14(12-17)13-19/h5-12H,4H2,1-3H3. The lowest BCUT2D eigenvalue weighted by molar-refractivity contribution is 0.478. The Kier molecular flexibility index (Phi) is 4.10. The van der Waals surface area contributed by atoms with Gasteiger partial charge in [0.15, 0.2) is 0 Å². The van der Waals surface area contributed by atoms with E-state index in [0.717, 1.165) is 12.2 Å². The predicted octanol–water partition coefficient (Wildman–Crippen LogP) is 5.04. The van der Waals surface area contributed by atoms with Gasteiger partial charge < -0.3 is 4.74 Å². The first-order chi connectivity index (χ1) is 9.55. The molecule has 0 fully saturated rings. The zero-order chi connectivity index (χ0) is 14.6. The second-order valence-electron chi connectivity index (χ2n) is 5.50. The Morgan fingerprint density at radius 2 is 1.75 bits per heavy atom. The smallest absolute Gasteiger partial charge is 0.128 e. The van der Waals surface area contributed by atoms with Gasteiger partial charge in [-0.05, 0) is 47.7 Å². The van der Waals surface area contributed by atoms with Crippen molar-refractivity contribution in [1.29, 1.82) is 5.26 Å². The molecule has 0 aliphatic heterocycles. The zero-order valence-electron chi connectivity index (χ0n) is 12.2. The van der Waals surface area contributed by atoms with Gasteiger partial charge in [0.25, 0.3) is 0 Å². The lowest BCUT2D eigenvalue weighted by Crippen LogP contribution is -2.14. The molecule has 2 heteroatoms. The third-order valence-corrected chi connectivity index (χ3v) is 3.72. The number of nitrogens with zero attached hydrogens (tertiary/aromatic N) is 1. The SMILES string of the molecule is CCC(C)(C)c1ccc(Oc2cccc(C#N)c2)cc1. The topological polar surface area (TPSA) is 33.0 Å². The minimum Gasteiger partial charge on any atom is -0.457 e. The van der Waals surface area contributed by atoms with Crippen LogP contribution in [0.2, 0.25) is 0 Å². The minimum absolute atomic E-state index is 0.180. The van der Waals surface area contributed by atoms with Crippen molar-refractivity contribution in [1.82, 2.24) is 0 Å². The van der Waals surface area contributed by atoms with Crippen LogP contribution in [0.5, 0.6) is 11.5 Å².